The molecule has 2 aliphatic heterocycles. The average molecular weight is 411 g/mol. The van der Waals surface area contributed by atoms with Crippen molar-refractivity contribution in [2.75, 3.05) is 44.7 Å². The van der Waals surface area contributed by atoms with E-state index in [9.17, 15) is 18.0 Å². The van der Waals surface area contributed by atoms with Crippen molar-refractivity contribution in [3.8, 4) is 0 Å². The molecule has 9 heteroatoms. The van der Waals surface area contributed by atoms with Gasteiger partial charge in [-0.2, -0.15) is 0 Å². The number of sulfone groups is 1. The van der Waals surface area contributed by atoms with Crippen molar-refractivity contribution in [3.05, 3.63) is 23.5 Å². The maximum Gasteiger partial charge on any atom is 0.253 e. The van der Waals surface area contributed by atoms with E-state index in [1.165, 1.54) is 0 Å². The summed E-state index contributed by atoms with van der Waals surface area (Å²) in [6.45, 7) is 3.81. The number of carbonyl (C=O) groups excluding carboxylic acids is 2. The smallest absolute Gasteiger partial charge is 0.253 e. The highest BCUT2D eigenvalue weighted by Crippen LogP contribution is 2.20. The summed E-state index contributed by atoms with van der Waals surface area (Å²) in [6, 6.07) is 1.80. The summed E-state index contributed by atoms with van der Waals surface area (Å²) in [4.78, 5) is 29.3. The molecule has 3 rings (SSSR count). The van der Waals surface area contributed by atoms with Crippen molar-refractivity contribution < 1.29 is 18.0 Å². The number of carbonyl (C=O) groups is 2. The molecule has 156 valence electrons. The Morgan fingerprint density at radius 3 is 2.39 bits per heavy atom. The molecule has 0 aliphatic carbocycles. The minimum Gasteiger partial charge on any atom is -0.354 e. The second-order valence-corrected chi connectivity index (χ2v) is 10.4. The van der Waals surface area contributed by atoms with Crippen molar-refractivity contribution in [1.82, 2.24) is 19.7 Å². The van der Waals surface area contributed by atoms with Gasteiger partial charge in [0.05, 0.1) is 23.0 Å². The van der Waals surface area contributed by atoms with Crippen LogP contribution < -0.4 is 5.32 Å². The lowest BCUT2D eigenvalue weighted by atomic mass is 10.00. The highest BCUT2D eigenvalue weighted by molar-refractivity contribution is 7.91. The number of hydrogen-bond acceptors (Lipinski definition) is 5. The number of hydrogen-bond donors (Lipinski definition) is 1. The van der Waals surface area contributed by atoms with Gasteiger partial charge in [0.1, 0.15) is 0 Å². The van der Waals surface area contributed by atoms with E-state index >= 15 is 0 Å². The van der Waals surface area contributed by atoms with Gasteiger partial charge in [-0.05, 0) is 32.9 Å². The molecule has 8 nitrogen and oxygen atoms in total. The zero-order valence-electron chi connectivity index (χ0n) is 16.8. The third-order valence-electron chi connectivity index (χ3n) is 5.90. The summed E-state index contributed by atoms with van der Waals surface area (Å²) in [5, 5.41) is 3.11. The van der Waals surface area contributed by atoms with Crippen molar-refractivity contribution in [1.29, 1.82) is 0 Å². The molecule has 2 atom stereocenters. The Balaban J connectivity index is 1.59. The summed E-state index contributed by atoms with van der Waals surface area (Å²) in [6.07, 6.45) is 3.28. The van der Waals surface area contributed by atoms with E-state index in [-0.39, 0.29) is 48.4 Å². The average Bonchev–Trinajstić information content (AvgIpc) is 2.85. The lowest BCUT2D eigenvalue weighted by Crippen LogP contribution is -2.47. The molecule has 3 heterocycles. The topological polar surface area (TPSA) is 91.7 Å². The molecule has 0 spiro atoms. The van der Waals surface area contributed by atoms with Crippen LogP contribution in [0.25, 0.3) is 0 Å². The first-order valence-corrected chi connectivity index (χ1v) is 11.6. The predicted octanol–water partition coefficient (Wildman–Crippen LogP) is 0.0307. The summed E-state index contributed by atoms with van der Waals surface area (Å²) in [5.74, 6) is -0.103. The van der Waals surface area contributed by atoms with Gasteiger partial charge in [-0.15, -0.1) is 0 Å². The monoisotopic (exact) mass is 410 g/mol. The van der Waals surface area contributed by atoms with Crippen molar-refractivity contribution in [2.45, 2.75) is 25.8 Å². The van der Waals surface area contributed by atoms with E-state index < -0.39 is 9.84 Å². The molecule has 0 unspecified atom stereocenters. The highest BCUT2D eigenvalue weighted by atomic mass is 32.2. The van der Waals surface area contributed by atoms with Gasteiger partial charge in [-0.25, -0.2) is 8.42 Å². The molecule has 0 saturated carbocycles. The second-order valence-electron chi connectivity index (χ2n) is 8.07. The van der Waals surface area contributed by atoms with E-state index in [4.69, 9.17) is 0 Å². The Morgan fingerprint density at radius 2 is 1.79 bits per heavy atom. The van der Waals surface area contributed by atoms with Gasteiger partial charge < -0.3 is 19.7 Å². The van der Waals surface area contributed by atoms with E-state index in [1.807, 2.05) is 37.8 Å². The molecule has 2 amide bonds. The first-order chi connectivity index (χ1) is 13.2. The van der Waals surface area contributed by atoms with Crippen LogP contribution in [0.2, 0.25) is 0 Å². The first-order valence-electron chi connectivity index (χ1n) is 9.77. The van der Waals surface area contributed by atoms with Crippen molar-refractivity contribution >= 4 is 21.7 Å². The van der Waals surface area contributed by atoms with Gasteiger partial charge in [-0.1, -0.05) is 0 Å². The van der Waals surface area contributed by atoms with Crippen LogP contribution in [0.3, 0.4) is 0 Å². The fraction of sp³-hybridized carbons (Fsp3) is 0.684. The third-order valence-corrected chi connectivity index (χ3v) is 7.51. The molecule has 0 aromatic carbocycles. The Labute approximate surface area is 166 Å². The quantitative estimate of drug-likeness (QED) is 0.759. The molecule has 1 N–H and O–H groups in total. The van der Waals surface area contributed by atoms with E-state index in [0.717, 1.165) is 12.1 Å². The fourth-order valence-corrected chi connectivity index (χ4v) is 5.24. The van der Waals surface area contributed by atoms with Crippen LogP contribution in [0.15, 0.2) is 12.3 Å². The Bertz CT molecular complexity index is 834. The van der Waals surface area contributed by atoms with Crippen molar-refractivity contribution in [3.63, 3.8) is 0 Å². The summed E-state index contributed by atoms with van der Waals surface area (Å²) in [5.41, 5.74) is 1.60. The number of likely N-dealkylation sites (tertiary alicyclic amines) is 1. The first kappa shape index (κ1) is 20.9. The van der Waals surface area contributed by atoms with Gasteiger partial charge in [0, 0.05) is 51.2 Å². The molecular weight excluding hydrogens is 380 g/mol. The predicted molar refractivity (Wildman–Crippen MR) is 107 cm³/mol. The summed E-state index contributed by atoms with van der Waals surface area (Å²) in [7, 11) is 0.866. The molecule has 2 saturated heterocycles. The molecule has 1 aromatic heterocycles. The molecule has 0 bridgehead atoms. The molecule has 0 radical (unpaired) electrons. The number of aryl methyl sites for hydroxylation is 1. The minimum atomic E-state index is -3.00. The van der Waals surface area contributed by atoms with E-state index in [1.54, 1.807) is 4.90 Å². The number of nitrogens with zero attached hydrogens (tertiary/aromatic N) is 3. The molecule has 28 heavy (non-hydrogen) atoms. The zero-order valence-corrected chi connectivity index (χ0v) is 17.7. The Hall–Kier alpha value is -1.87. The normalized spacial score (nSPS) is 25.9. The van der Waals surface area contributed by atoms with Gasteiger partial charge in [0.15, 0.2) is 9.84 Å². The lowest BCUT2D eigenvalue weighted by Gasteiger charge is -2.30. The highest BCUT2D eigenvalue weighted by Gasteiger charge is 2.33. The van der Waals surface area contributed by atoms with Gasteiger partial charge in [0.2, 0.25) is 5.91 Å². The molecule has 1 aromatic rings. The Morgan fingerprint density at radius 1 is 1.11 bits per heavy atom. The van der Waals surface area contributed by atoms with Gasteiger partial charge in [-0.3, -0.25) is 9.59 Å². The second kappa shape index (κ2) is 8.24. The maximum absolute atomic E-state index is 12.9. The van der Waals surface area contributed by atoms with Crippen molar-refractivity contribution in [2.24, 2.45) is 13.0 Å². The zero-order chi connectivity index (χ0) is 20.5. The van der Waals surface area contributed by atoms with Gasteiger partial charge in [0.25, 0.3) is 5.91 Å². The number of amides is 2. The van der Waals surface area contributed by atoms with Crippen LogP contribution in [0.1, 0.15) is 28.9 Å². The lowest BCUT2D eigenvalue weighted by molar-refractivity contribution is -0.135. The maximum atomic E-state index is 12.9. The van der Waals surface area contributed by atoms with E-state index in [0.29, 0.717) is 25.1 Å². The van der Waals surface area contributed by atoms with Crippen LogP contribution in [0.4, 0.5) is 0 Å². The third kappa shape index (κ3) is 4.75. The number of rotatable bonds is 3. The number of likely N-dealkylation sites (N-methyl/N-ethyl adjacent to an activating group) is 1. The molecule has 2 aliphatic rings. The van der Waals surface area contributed by atoms with Crippen LogP contribution >= 0.6 is 0 Å². The fourth-order valence-electron chi connectivity index (χ4n) is 4.03. The molecular formula is C19H30N4O4S. The minimum absolute atomic E-state index is 0.0170. The number of nitrogens with one attached hydrogen (secondary N) is 1. The SMILES string of the molecule is Cc1c(C(=O)N[C@H]2CC[C@@H](C(=O)N3CCS(=O)(=O)CC3)CN(C)C2)ccn1C. The van der Waals surface area contributed by atoms with Crippen LogP contribution in [-0.4, -0.2) is 85.4 Å². The van der Waals surface area contributed by atoms with Crippen LogP contribution in [0, 0.1) is 12.8 Å². The Kier molecular flexibility index (Phi) is 6.14. The number of aromatic nitrogens is 1. The molecule has 2 fully saturated rings. The van der Waals surface area contributed by atoms with Crippen LogP contribution in [0.5, 0.6) is 0 Å². The largest absolute Gasteiger partial charge is 0.354 e. The van der Waals surface area contributed by atoms with Gasteiger partial charge >= 0.3 is 0 Å². The summed E-state index contributed by atoms with van der Waals surface area (Å²) >= 11 is 0. The van der Waals surface area contributed by atoms with Crippen LogP contribution in [-0.2, 0) is 21.7 Å². The van der Waals surface area contributed by atoms with E-state index in [2.05, 4.69) is 10.2 Å². The standard InChI is InChI=1S/C19H30N4O4S/c1-14-17(6-7-22(14)3)18(24)20-16-5-4-15(12-21(2)13-16)19(25)23-8-10-28(26,27)11-9-23/h6-7,15-16H,4-5,8-13H2,1-3H3,(H,20,24)/t15-,16+/m1/s1. The summed E-state index contributed by atoms with van der Waals surface area (Å²) < 4.78 is 25.1.